The summed E-state index contributed by atoms with van der Waals surface area (Å²) in [5.41, 5.74) is 0. The number of allylic oxidation sites excluding steroid dienone is 32. The highest BCUT2D eigenvalue weighted by Crippen LogP contribution is 2.43. The molecule has 0 aromatic heterocycles. The second-order valence-electron chi connectivity index (χ2n) is 19.7. The minimum atomic E-state index is -4.81. The predicted molar refractivity (Wildman–Crippen MR) is 352 cm³/mol. The number of aliphatic hydroxyl groups is 1. The van der Waals surface area contributed by atoms with Gasteiger partial charge in [-0.05, 0) is 148 Å². The minimum absolute atomic E-state index is 0.0789. The Kier molecular flexibility index (Phi) is 59.1. The molecule has 0 aromatic carbocycles. The van der Waals surface area contributed by atoms with Crippen molar-refractivity contribution in [2.75, 3.05) is 26.4 Å². The van der Waals surface area contributed by atoms with E-state index < -0.39 is 64.4 Å². The molecule has 0 saturated heterocycles. The van der Waals surface area contributed by atoms with Gasteiger partial charge >= 0.3 is 25.7 Å². The van der Waals surface area contributed by atoms with Crippen LogP contribution in [-0.2, 0) is 42.2 Å². The van der Waals surface area contributed by atoms with Gasteiger partial charge in [0.25, 0.3) is 0 Å². The molecule has 468 valence electrons. The number of unbranched alkanes of at least 4 members (excludes halogenated alkanes) is 6. The fraction of sp³-hybridized carbons (Fsp3) is 0.514. The van der Waals surface area contributed by atoms with Crippen LogP contribution in [0.3, 0.4) is 0 Å². The summed E-state index contributed by atoms with van der Waals surface area (Å²) in [7, 11) is -4.81. The summed E-state index contributed by atoms with van der Waals surface area (Å²) in [6.07, 6.45) is 88.3. The highest BCUT2D eigenvalue weighted by atomic mass is 31.2. The number of carbonyl (C=O) groups excluding carboxylic acids is 3. The minimum Gasteiger partial charge on any atom is -0.462 e. The molecule has 0 radical (unpaired) electrons. The molecular weight excluding hydrogens is 1070 g/mol. The van der Waals surface area contributed by atoms with E-state index in [4.69, 9.17) is 23.3 Å². The Hall–Kier alpha value is -5.68. The Bertz CT molecular complexity index is 2160. The van der Waals surface area contributed by atoms with Crippen LogP contribution in [0.2, 0.25) is 0 Å². The molecule has 0 rings (SSSR count). The molecule has 84 heavy (non-hydrogen) atoms. The third-order valence-corrected chi connectivity index (χ3v) is 13.0. The molecule has 0 spiro atoms. The Balaban J connectivity index is 4.94. The Labute approximate surface area is 509 Å². The van der Waals surface area contributed by atoms with Crippen molar-refractivity contribution < 1.29 is 52.2 Å². The van der Waals surface area contributed by atoms with Crippen molar-refractivity contribution in [1.29, 1.82) is 0 Å². The van der Waals surface area contributed by atoms with Crippen LogP contribution >= 0.6 is 7.82 Å². The van der Waals surface area contributed by atoms with Crippen molar-refractivity contribution >= 4 is 25.7 Å². The number of hydrogen-bond acceptors (Lipinski definition) is 10. The van der Waals surface area contributed by atoms with Gasteiger partial charge in [-0.25, -0.2) is 4.57 Å². The second-order valence-corrected chi connectivity index (χ2v) is 21.2. The highest BCUT2D eigenvalue weighted by Gasteiger charge is 2.28. The smallest absolute Gasteiger partial charge is 0.462 e. The maximum atomic E-state index is 13.0. The van der Waals surface area contributed by atoms with Gasteiger partial charge in [-0.1, -0.05) is 228 Å². The third-order valence-electron chi connectivity index (χ3n) is 12.0. The second kappa shape index (κ2) is 63.3. The zero-order valence-corrected chi connectivity index (χ0v) is 52.7. The van der Waals surface area contributed by atoms with E-state index in [1.54, 1.807) is 0 Å². The van der Waals surface area contributed by atoms with E-state index in [1.807, 2.05) is 12.2 Å². The average Bonchev–Trinajstić information content (AvgIpc) is 3.55. The first-order valence-corrected chi connectivity index (χ1v) is 32.8. The van der Waals surface area contributed by atoms with Gasteiger partial charge in [0.1, 0.15) is 12.7 Å². The fourth-order valence-electron chi connectivity index (χ4n) is 7.37. The van der Waals surface area contributed by atoms with Crippen molar-refractivity contribution in [2.45, 2.75) is 213 Å². The molecule has 0 bridgehead atoms. The lowest BCUT2D eigenvalue weighted by atomic mass is 10.1. The fourth-order valence-corrected chi connectivity index (χ4v) is 8.16. The van der Waals surface area contributed by atoms with Crippen molar-refractivity contribution in [3.05, 3.63) is 194 Å². The Morgan fingerprint density at radius 2 is 0.607 bits per heavy atom. The number of ether oxygens (including phenoxy) is 3. The number of aliphatic hydroxyl groups excluding tert-OH is 1. The molecule has 2 N–H and O–H groups in total. The number of hydrogen-bond donors (Lipinski definition) is 2. The lowest BCUT2D eigenvalue weighted by Gasteiger charge is -2.21. The highest BCUT2D eigenvalue weighted by molar-refractivity contribution is 7.47. The quantitative estimate of drug-likeness (QED) is 0.0197. The van der Waals surface area contributed by atoms with Crippen molar-refractivity contribution in [2.24, 2.45) is 0 Å². The first kappa shape index (κ1) is 78.3. The largest absolute Gasteiger partial charge is 0.472 e. The molecule has 0 saturated carbocycles. The Morgan fingerprint density at radius 3 is 0.917 bits per heavy atom. The molecule has 0 amide bonds. The molecule has 11 nitrogen and oxygen atoms in total. The molecule has 0 heterocycles. The monoisotopic (exact) mass is 1180 g/mol. The summed E-state index contributed by atoms with van der Waals surface area (Å²) in [5, 5.41) is 9.85. The van der Waals surface area contributed by atoms with E-state index in [1.165, 1.54) is 0 Å². The molecule has 12 heteroatoms. The van der Waals surface area contributed by atoms with Gasteiger partial charge in [0, 0.05) is 19.3 Å². The van der Waals surface area contributed by atoms with Gasteiger partial charge in [0.05, 0.1) is 19.8 Å². The van der Waals surface area contributed by atoms with Gasteiger partial charge in [-0.15, -0.1) is 0 Å². The number of phosphoric ester groups is 1. The number of phosphoric acid groups is 1. The molecule has 3 atom stereocenters. The Morgan fingerprint density at radius 1 is 0.333 bits per heavy atom. The van der Waals surface area contributed by atoms with Crippen LogP contribution in [0.4, 0.5) is 0 Å². The topological polar surface area (TPSA) is 155 Å². The summed E-state index contributed by atoms with van der Waals surface area (Å²) in [6, 6.07) is 0. The first-order chi connectivity index (χ1) is 41.2. The molecule has 0 aromatic rings. The maximum Gasteiger partial charge on any atom is 0.472 e. The van der Waals surface area contributed by atoms with Crippen molar-refractivity contribution in [3.63, 3.8) is 0 Å². The zero-order chi connectivity index (χ0) is 61.2. The molecule has 0 fully saturated rings. The van der Waals surface area contributed by atoms with Gasteiger partial charge in [-0.3, -0.25) is 23.4 Å². The molecule has 0 aliphatic rings. The summed E-state index contributed by atoms with van der Waals surface area (Å²) >= 11 is 0. The van der Waals surface area contributed by atoms with Gasteiger partial charge < -0.3 is 24.2 Å². The normalized spacial score (nSPS) is 14.6. The van der Waals surface area contributed by atoms with Gasteiger partial charge in [0.15, 0.2) is 6.10 Å². The lowest BCUT2D eigenvalue weighted by Crippen LogP contribution is -2.30. The van der Waals surface area contributed by atoms with Crippen LogP contribution in [0.15, 0.2) is 194 Å². The lowest BCUT2D eigenvalue weighted by molar-refractivity contribution is -0.161. The van der Waals surface area contributed by atoms with Crippen LogP contribution in [-0.4, -0.2) is 66.5 Å². The first-order valence-electron chi connectivity index (χ1n) is 31.3. The average molecular weight is 1180 g/mol. The summed E-state index contributed by atoms with van der Waals surface area (Å²) in [4.78, 5) is 48.7. The standard InChI is InChI=1S/C72H109O11P/c1-4-7-10-13-16-19-22-25-28-31-34-37-40-43-46-49-52-55-58-61-70(74)79-65-69(83-72(76)63-60-57-54-51-48-45-42-39-36-33-30-27-24-21-18-15-12-9-6-3)67-81-84(77,78)80-66-68(64-73)82-71(75)62-59-56-53-50-47-44-41-38-35-32-29-26-23-20-17-14-11-8-5-2/h7-12,16-21,25-30,34-39,43-48,52,55,68-69,73H,4-6,13-15,22-24,31-33,40-42,49-51,53-54,56-67H2,1-3H3,(H,77,78)/b10-7-,11-8-,12-9-,19-16-,20-17-,21-18-,28-25-,29-26-,30-27-,37-34-,38-35-,39-36-,46-43-,47-44-,48-45-,55-52-. The zero-order valence-electron chi connectivity index (χ0n) is 51.8. The van der Waals surface area contributed by atoms with Crippen molar-refractivity contribution in [1.82, 2.24) is 0 Å². The van der Waals surface area contributed by atoms with Crippen LogP contribution in [0.1, 0.15) is 201 Å². The molecular formula is C72H109O11P. The van der Waals surface area contributed by atoms with E-state index in [9.17, 15) is 28.9 Å². The van der Waals surface area contributed by atoms with Crippen LogP contribution in [0.5, 0.6) is 0 Å². The predicted octanol–water partition coefficient (Wildman–Crippen LogP) is 19.4. The van der Waals surface area contributed by atoms with Crippen LogP contribution in [0, 0.1) is 0 Å². The summed E-state index contributed by atoms with van der Waals surface area (Å²) in [5.74, 6) is -1.67. The SMILES string of the molecule is CC/C=C\C/C=C\C/C=C\C/C=C\C/C=C\C/C=C\CCC(=O)OCC(COP(=O)(O)OCC(CO)OC(=O)CCCCC/C=C\C/C=C\C/C=C\C/C=C\C/C=C\CC)OC(=O)CCCCC/C=C\C/C=C\C/C=C\C/C=C\C/C=C\CC. The summed E-state index contributed by atoms with van der Waals surface area (Å²) in [6.45, 7) is 4.12. The van der Waals surface area contributed by atoms with Gasteiger partial charge in [0.2, 0.25) is 0 Å². The molecule has 0 aliphatic carbocycles. The van der Waals surface area contributed by atoms with E-state index in [0.29, 0.717) is 19.3 Å². The number of rotatable bonds is 55. The maximum absolute atomic E-state index is 13.0. The number of esters is 3. The van der Waals surface area contributed by atoms with E-state index in [-0.39, 0.29) is 19.3 Å². The van der Waals surface area contributed by atoms with Crippen LogP contribution in [0.25, 0.3) is 0 Å². The van der Waals surface area contributed by atoms with E-state index in [0.717, 1.165) is 141 Å². The third kappa shape index (κ3) is 60.9. The van der Waals surface area contributed by atoms with Crippen LogP contribution < -0.4 is 0 Å². The molecule has 3 unspecified atom stereocenters. The van der Waals surface area contributed by atoms with E-state index >= 15 is 0 Å². The van der Waals surface area contributed by atoms with Crippen molar-refractivity contribution in [3.8, 4) is 0 Å². The number of carbonyl (C=O) groups is 3. The summed E-state index contributed by atoms with van der Waals surface area (Å²) < 4.78 is 39.5. The van der Waals surface area contributed by atoms with Gasteiger partial charge in [-0.2, -0.15) is 0 Å². The van der Waals surface area contributed by atoms with E-state index in [2.05, 4.69) is 203 Å². The molecule has 0 aliphatic heterocycles.